The lowest BCUT2D eigenvalue weighted by Gasteiger charge is -2.54. The van der Waals surface area contributed by atoms with Gasteiger partial charge in [-0.15, -0.1) is 0 Å². The zero-order valence-electron chi connectivity index (χ0n) is 15.3. The number of amides is 1. The highest BCUT2D eigenvalue weighted by Crippen LogP contribution is 2.53. The van der Waals surface area contributed by atoms with E-state index in [1.807, 2.05) is 0 Å². The number of Topliss-reactive ketones (excluding diaryl/α,β-unsaturated/α-hetero) is 1. The Kier molecular flexibility index (Phi) is 4.15. The summed E-state index contributed by atoms with van der Waals surface area (Å²) in [6, 6.07) is 0.203. The Morgan fingerprint density at radius 1 is 1.00 bits per heavy atom. The summed E-state index contributed by atoms with van der Waals surface area (Å²) < 4.78 is 0. The minimum atomic E-state index is -0.190. The van der Waals surface area contributed by atoms with Gasteiger partial charge in [0.15, 0.2) is 0 Å². The van der Waals surface area contributed by atoms with Gasteiger partial charge in [-0.05, 0) is 74.5 Å². The molecular formula is C21H32N2O2. The van der Waals surface area contributed by atoms with Gasteiger partial charge in [-0.2, -0.15) is 0 Å². The van der Waals surface area contributed by atoms with Crippen LogP contribution in [0.3, 0.4) is 0 Å². The Bertz CT molecular complexity index is 526. The second-order valence-electron chi connectivity index (χ2n) is 9.80. The fourth-order valence-electron chi connectivity index (χ4n) is 7.14. The molecule has 4 nitrogen and oxygen atoms in total. The van der Waals surface area contributed by atoms with Gasteiger partial charge in [-0.3, -0.25) is 14.5 Å². The summed E-state index contributed by atoms with van der Waals surface area (Å²) >= 11 is 0. The van der Waals surface area contributed by atoms with Gasteiger partial charge in [-0.1, -0.05) is 12.8 Å². The van der Waals surface area contributed by atoms with Crippen LogP contribution in [0.1, 0.15) is 64.2 Å². The van der Waals surface area contributed by atoms with Gasteiger partial charge in [0.2, 0.25) is 5.91 Å². The standard InChI is InChI=1S/C21H32N2O2/c24-18-10-19(23(12-18)11-13-3-1-2-4-13)21(25)22-20-16-6-14-5-15(8-16)9-17(20)7-14/h13-17,19-20H,1-12H2,(H,22,25)/t14?,15?,16?,17?,19-,20?/m1/s1. The maximum absolute atomic E-state index is 13.1. The van der Waals surface area contributed by atoms with E-state index in [-0.39, 0.29) is 17.7 Å². The van der Waals surface area contributed by atoms with Crippen LogP contribution in [0.2, 0.25) is 0 Å². The molecule has 0 radical (unpaired) electrons. The van der Waals surface area contributed by atoms with E-state index in [0.717, 1.165) is 18.4 Å². The Morgan fingerprint density at radius 3 is 2.28 bits per heavy atom. The fraction of sp³-hybridized carbons (Fsp3) is 0.905. The summed E-state index contributed by atoms with van der Waals surface area (Å²) in [7, 11) is 0. The molecule has 0 aromatic heterocycles. The van der Waals surface area contributed by atoms with Crippen LogP contribution in [0.25, 0.3) is 0 Å². The number of hydrogen-bond acceptors (Lipinski definition) is 3. The first-order chi connectivity index (χ1) is 12.2. The highest BCUT2D eigenvalue weighted by Gasteiger charge is 2.49. The molecule has 25 heavy (non-hydrogen) atoms. The number of rotatable bonds is 4. The second kappa shape index (κ2) is 6.37. The lowest BCUT2D eigenvalue weighted by Crippen LogP contribution is -2.58. The van der Waals surface area contributed by atoms with Gasteiger partial charge in [0.05, 0.1) is 12.6 Å². The SMILES string of the molecule is O=C1C[C@H](C(=O)NC2C3CC4CC(C3)CC2C4)N(CC2CCCC2)C1. The predicted octanol–water partition coefficient (Wildman–Crippen LogP) is 2.76. The molecule has 138 valence electrons. The van der Waals surface area contributed by atoms with E-state index < -0.39 is 0 Å². The molecule has 0 aromatic carbocycles. The molecule has 5 aliphatic carbocycles. The Morgan fingerprint density at radius 2 is 1.64 bits per heavy atom. The number of likely N-dealkylation sites (tertiary alicyclic amines) is 1. The van der Waals surface area contributed by atoms with Crippen LogP contribution in [0.15, 0.2) is 0 Å². The second-order valence-corrected chi connectivity index (χ2v) is 9.80. The van der Waals surface area contributed by atoms with Crippen molar-refractivity contribution in [2.75, 3.05) is 13.1 Å². The third-order valence-electron chi connectivity index (χ3n) is 8.05. The highest BCUT2D eigenvalue weighted by atomic mass is 16.2. The van der Waals surface area contributed by atoms with E-state index in [1.165, 1.54) is 57.8 Å². The molecule has 6 fully saturated rings. The van der Waals surface area contributed by atoms with Crippen LogP contribution in [0.4, 0.5) is 0 Å². The third-order valence-corrected chi connectivity index (χ3v) is 8.05. The number of nitrogens with zero attached hydrogens (tertiary/aromatic N) is 1. The van der Waals surface area contributed by atoms with Crippen molar-refractivity contribution >= 4 is 11.7 Å². The molecule has 1 heterocycles. The quantitative estimate of drug-likeness (QED) is 0.853. The Hall–Kier alpha value is -0.900. The van der Waals surface area contributed by atoms with Crippen LogP contribution in [0.5, 0.6) is 0 Å². The normalized spacial score (nSPS) is 43.9. The van der Waals surface area contributed by atoms with Crippen LogP contribution in [0, 0.1) is 29.6 Å². The van der Waals surface area contributed by atoms with Crippen molar-refractivity contribution in [2.24, 2.45) is 29.6 Å². The molecule has 1 saturated heterocycles. The first-order valence-electron chi connectivity index (χ1n) is 10.7. The lowest BCUT2D eigenvalue weighted by atomic mass is 9.54. The number of nitrogens with one attached hydrogen (secondary N) is 1. The van der Waals surface area contributed by atoms with E-state index in [0.29, 0.717) is 36.8 Å². The first-order valence-corrected chi connectivity index (χ1v) is 10.7. The largest absolute Gasteiger partial charge is 0.351 e. The van der Waals surface area contributed by atoms with Gasteiger partial charge in [0.1, 0.15) is 5.78 Å². The highest BCUT2D eigenvalue weighted by molar-refractivity contribution is 5.93. The Balaban J connectivity index is 1.24. The van der Waals surface area contributed by atoms with Crippen molar-refractivity contribution in [1.82, 2.24) is 10.2 Å². The van der Waals surface area contributed by atoms with E-state index in [4.69, 9.17) is 0 Å². The van der Waals surface area contributed by atoms with Gasteiger partial charge < -0.3 is 5.32 Å². The molecular weight excluding hydrogens is 312 g/mol. The predicted molar refractivity (Wildman–Crippen MR) is 95.9 cm³/mol. The van der Waals surface area contributed by atoms with Crippen molar-refractivity contribution in [3.8, 4) is 0 Å². The maximum atomic E-state index is 13.1. The molecule has 0 unspecified atom stereocenters. The molecule has 6 aliphatic rings. The molecule has 0 aromatic rings. The van der Waals surface area contributed by atoms with Crippen molar-refractivity contribution in [1.29, 1.82) is 0 Å². The van der Waals surface area contributed by atoms with Crippen molar-refractivity contribution in [2.45, 2.75) is 76.3 Å². The van der Waals surface area contributed by atoms with Gasteiger partial charge in [0, 0.05) is 19.0 Å². The van der Waals surface area contributed by atoms with Crippen molar-refractivity contribution in [3.63, 3.8) is 0 Å². The molecule has 1 amide bonds. The van der Waals surface area contributed by atoms with Gasteiger partial charge in [-0.25, -0.2) is 0 Å². The smallest absolute Gasteiger partial charge is 0.238 e. The average molecular weight is 344 g/mol. The third kappa shape index (κ3) is 3.05. The van der Waals surface area contributed by atoms with Crippen molar-refractivity contribution in [3.05, 3.63) is 0 Å². The minimum absolute atomic E-state index is 0.154. The summed E-state index contributed by atoms with van der Waals surface area (Å²) in [6.07, 6.45) is 12.4. The maximum Gasteiger partial charge on any atom is 0.238 e. The van der Waals surface area contributed by atoms with Crippen LogP contribution in [-0.4, -0.2) is 41.8 Å². The summed E-state index contributed by atoms with van der Waals surface area (Å²) in [5.74, 6) is 4.39. The molecule has 1 N–H and O–H groups in total. The number of carbonyl (C=O) groups excluding carboxylic acids is 2. The first kappa shape index (κ1) is 16.3. The fourth-order valence-corrected chi connectivity index (χ4v) is 7.14. The van der Waals surface area contributed by atoms with Crippen LogP contribution >= 0.6 is 0 Å². The number of carbonyl (C=O) groups is 2. The van der Waals surface area contributed by atoms with Gasteiger partial charge in [0.25, 0.3) is 0 Å². The van der Waals surface area contributed by atoms with E-state index >= 15 is 0 Å². The van der Waals surface area contributed by atoms with E-state index in [1.54, 1.807) is 0 Å². The van der Waals surface area contributed by atoms with Crippen molar-refractivity contribution < 1.29 is 9.59 Å². The summed E-state index contributed by atoms with van der Waals surface area (Å²) in [6.45, 7) is 1.45. The summed E-state index contributed by atoms with van der Waals surface area (Å²) in [4.78, 5) is 27.3. The van der Waals surface area contributed by atoms with E-state index in [2.05, 4.69) is 10.2 Å². The molecule has 4 heteroatoms. The van der Waals surface area contributed by atoms with Crippen LogP contribution < -0.4 is 5.32 Å². The molecule has 1 aliphatic heterocycles. The monoisotopic (exact) mass is 344 g/mol. The zero-order chi connectivity index (χ0) is 17.0. The minimum Gasteiger partial charge on any atom is -0.351 e. The van der Waals surface area contributed by atoms with E-state index in [9.17, 15) is 9.59 Å². The summed E-state index contributed by atoms with van der Waals surface area (Å²) in [5, 5.41) is 3.45. The number of ketones is 1. The lowest BCUT2D eigenvalue weighted by molar-refractivity contribution is -0.130. The summed E-state index contributed by atoms with van der Waals surface area (Å²) in [5.41, 5.74) is 0. The topological polar surface area (TPSA) is 49.4 Å². The molecule has 1 atom stereocenters. The molecule has 6 rings (SSSR count). The molecule has 0 spiro atoms. The van der Waals surface area contributed by atoms with Crippen LogP contribution in [-0.2, 0) is 9.59 Å². The zero-order valence-corrected chi connectivity index (χ0v) is 15.3. The Labute approximate surface area is 151 Å². The number of hydrogen-bond donors (Lipinski definition) is 1. The molecule has 5 saturated carbocycles. The average Bonchev–Trinajstić information content (AvgIpc) is 3.20. The molecule has 4 bridgehead atoms. The van der Waals surface area contributed by atoms with Gasteiger partial charge >= 0.3 is 0 Å².